The molecule has 0 aromatic heterocycles. The van der Waals surface area contributed by atoms with Crippen LogP contribution in [0.4, 0.5) is 4.39 Å². The van der Waals surface area contributed by atoms with Gasteiger partial charge in [0.05, 0.1) is 39.0 Å². The molecule has 0 amide bonds. The van der Waals surface area contributed by atoms with E-state index in [2.05, 4.69) is 44.8 Å². The SMILES string of the molecule is C#Cc1ccccc1O.C=C(C)C(=O)OCC(O)CN1C=C(c2ccccc2O)NN1.C=C(C)C(=O)OCC(O)CN=[N+]=[N-].[2H]CF. The first-order chi connectivity index (χ1) is 22.3. The van der Waals surface area contributed by atoms with Crippen LogP contribution in [0.2, 0.25) is 0 Å². The number of esters is 2. The number of nitrogens with one attached hydrogen (secondary N) is 2. The standard InChI is InChI=1S/C15H19N3O4.C8H6O.C7H11N3O3.CH3F/c1-10(2)15(21)22-9-11(19)7-18-8-13(16-17-18)12-5-3-4-6-14(12)20;1-2-7-5-3-4-6-8(7)9;1-5(2)7(12)13-4-6(11)3-9-10-8;1-2/h3-6,8,11,16-17,19-20H,1,7,9H2,2H3;1,3-6,9H;6,11H,1,3-4H2,2H3;1H3/i;;;1D. The summed E-state index contributed by atoms with van der Waals surface area (Å²) in [4.78, 5) is 24.5. The van der Waals surface area contributed by atoms with Crippen molar-refractivity contribution in [2.45, 2.75) is 26.1 Å². The minimum atomic E-state index is -1.00. The maximum atomic E-state index is 11.2. The summed E-state index contributed by atoms with van der Waals surface area (Å²) in [6, 6.07) is 13.7. The number of aliphatic hydroxyl groups excluding tert-OH is 2. The first-order valence-corrected chi connectivity index (χ1v) is 13.2. The third-order valence-corrected chi connectivity index (χ3v) is 5.15. The van der Waals surface area contributed by atoms with E-state index in [0.29, 0.717) is 16.8 Å². The summed E-state index contributed by atoms with van der Waals surface area (Å²) < 4.78 is 25.0. The van der Waals surface area contributed by atoms with E-state index >= 15 is 0 Å². The number of alkyl halides is 1. The van der Waals surface area contributed by atoms with Gasteiger partial charge >= 0.3 is 11.9 Å². The Labute approximate surface area is 268 Å². The van der Waals surface area contributed by atoms with Gasteiger partial charge in [-0.25, -0.2) is 9.59 Å². The van der Waals surface area contributed by atoms with E-state index in [-0.39, 0.29) is 48.9 Å². The van der Waals surface area contributed by atoms with Gasteiger partial charge in [0.25, 0.3) is 0 Å². The molecule has 2 unspecified atom stereocenters. The first kappa shape index (κ1) is 38.5. The third kappa shape index (κ3) is 16.4. The number of terminal acetylenes is 1. The predicted octanol–water partition coefficient (Wildman–Crippen LogP) is 3.23. The number of rotatable bonds is 11. The quantitative estimate of drug-likeness (QED) is 0.0523. The van der Waals surface area contributed by atoms with Crippen molar-refractivity contribution in [3.05, 3.63) is 101 Å². The number of benzene rings is 2. The van der Waals surface area contributed by atoms with Crippen LogP contribution < -0.4 is 11.0 Å². The number of aromatic hydroxyl groups is 2. The van der Waals surface area contributed by atoms with Crippen molar-refractivity contribution in [1.29, 1.82) is 0 Å². The number of carbonyl (C=O) groups excluding carboxylic acids is 2. The minimum absolute atomic E-state index is 0.111. The van der Waals surface area contributed by atoms with E-state index in [9.17, 15) is 24.2 Å². The van der Waals surface area contributed by atoms with Gasteiger partial charge in [0.1, 0.15) is 30.8 Å². The van der Waals surface area contributed by atoms with Crippen LogP contribution in [0.3, 0.4) is 0 Å². The molecule has 0 aliphatic carbocycles. The summed E-state index contributed by atoms with van der Waals surface area (Å²) in [7, 11) is -1.00. The molecule has 46 heavy (non-hydrogen) atoms. The minimum Gasteiger partial charge on any atom is -0.507 e. The van der Waals surface area contributed by atoms with Gasteiger partial charge in [0, 0.05) is 27.8 Å². The molecule has 2 aromatic carbocycles. The lowest BCUT2D eigenvalue weighted by Gasteiger charge is -2.19. The number of hydrogen-bond acceptors (Lipinski definition) is 12. The van der Waals surface area contributed by atoms with E-state index in [1.165, 1.54) is 6.92 Å². The number of carbonyl (C=O) groups is 2. The third-order valence-electron chi connectivity index (χ3n) is 5.15. The summed E-state index contributed by atoms with van der Waals surface area (Å²) in [5.74, 6) is 1.57. The molecule has 248 valence electrons. The van der Waals surface area contributed by atoms with Gasteiger partial charge in [0.2, 0.25) is 0 Å². The van der Waals surface area contributed by atoms with Crippen LogP contribution >= 0.6 is 0 Å². The predicted molar refractivity (Wildman–Crippen MR) is 170 cm³/mol. The highest BCUT2D eigenvalue weighted by Crippen LogP contribution is 2.24. The molecule has 0 saturated heterocycles. The van der Waals surface area contributed by atoms with E-state index in [0.717, 1.165) is 0 Å². The van der Waals surface area contributed by atoms with Crippen LogP contribution in [-0.2, 0) is 19.1 Å². The van der Waals surface area contributed by atoms with Crippen LogP contribution in [0.1, 0.15) is 26.3 Å². The maximum Gasteiger partial charge on any atom is 0.333 e. The zero-order chi connectivity index (χ0) is 35.8. The smallest absolute Gasteiger partial charge is 0.333 e. The number of β-amino-alcohol motifs (C(OH)–C–C–N with tert-alkyl or cyclic N) is 1. The monoisotopic (exact) mass is 643 g/mol. The number of nitrogens with zero attached hydrogens (tertiary/aromatic N) is 4. The molecule has 15 heteroatoms. The summed E-state index contributed by atoms with van der Waals surface area (Å²) in [5, 5.41) is 42.4. The molecule has 2 aromatic rings. The van der Waals surface area contributed by atoms with E-state index in [1.54, 1.807) is 60.6 Å². The van der Waals surface area contributed by atoms with E-state index < -0.39 is 31.3 Å². The number of para-hydroxylation sites is 2. The summed E-state index contributed by atoms with van der Waals surface area (Å²) >= 11 is 0. The lowest BCUT2D eigenvalue weighted by Crippen LogP contribution is -2.42. The topological polar surface area (TPSA) is 210 Å². The molecule has 6 N–H and O–H groups in total. The van der Waals surface area contributed by atoms with Crippen LogP contribution in [0.5, 0.6) is 11.5 Å². The fourth-order valence-electron chi connectivity index (χ4n) is 2.94. The fraction of sp³-hybridized carbons (Fsp3) is 0.290. The second kappa shape index (κ2) is 22.9. The lowest BCUT2D eigenvalue weighted by molar-refractivity contribution is -0.142. The molecular formula is C31H39FN6O8. The van der Waals surface area contributed by atoms with Gasteiger partial charge < -0.3 is 35.3 Å². The van der Waals surface area contributed by atoms with Crippen molar-refractivity contribution in [1.82, 2.24) is 16.0 Å². The Kier molecular flexibility index (Phi) is 19.2. The van der Waals surface area contributed by atoms with Gasteiger partial charge in [-0.15, -0.1) is 12.0 Å². The molecule has 1 heterocycles. The molecular weight excluding hydrogens is 603 g/mol. The summed E-state index contributed by atoms with van der Waals surface area (Å²) in [5.41, 5.74) is 16.0. The van der Waals surface area contributed by atoms with Crippen molar-refractivity contribution in [3.63, 3.8) is 0 Å². The number of halogens is 1. The van der Waals surface area contributed by atoms with Gasteiger partial charge in [-0.1, -0.05) is 48.5 Å². The summed E-state index contributed by atoms with van der Waals surface area (Å²) in [6.45, 7) is 9.65. The van der Waals surface area contributed by atoms with Crippen LogP contribution in [0.25, 0.3) is 16.1 Å². The Morgan fingerprint density at radius 2 is 1.59 bits per heavy atom. The molecule has 2 atom stereocenters. The van der Waals surface area contributed by atoms with Crippen LogP contribution in [0.15, 0.2) is 84.1 Å². The molecule has 1 aliphatic rings. The Bertz CT molecular complexity index is 1450. The van der Waals surface area contributed by atoms with Gasteiger partial charge in [-0.3, -0.25) is 9.40 Å². The molecule has 14 nitrogen and oxygen atoms in total. The molecule has 0 bridgehead atoms. The number of phenolic OH excluding ortho intramolecular Hbond substituents is 2. The van der Waals surface area contributed by atoms with Gasteiger partial charge in [-0.05, 0) is 43.6 Å². The van der Waals surface area contributed by atoms with E-state index in [1.807, 2.05) is 6.07 Å². The second-order valence-electron chi connectivity index (χ2n) is 9.09. The maximum absolute atomic E-state index is 11.2. The number of hydrazine groups is 2. The van der Waals surface area contributed by atoms with Crippen LogP contribution in [-0.4, -0.2) is 83.0 Å². The van der Waals surface area contributed by atoms with Crippen LogP contribution in [0, 0.1) is 12.3 Å². The highest BCUT2D eigenvalue weighted by Gasteiger charge is 2.19. The summed E-state index contributed by atoms with van der Waals surface area (Å²) in [6.07, 6.45) is 4.93. The number of phenols is 2. The van der Waals surface area contributed by atoms with Crippen molar-refractivity contribution in [2.75, 3.05) is 33.5 Å². The van der Waals surface area contributed by atoms with Gasteiger partial charge in [-0.2, -0.15) is 0 Å². The Hall–Kier alpha value is -5.52. The average molecular weight is 644 g/mol. The van der Waals surface area contributed by atoms with Crippen molar-refractivity contribution >= 4 is 17.6 Å². The van der Waals surface area contributed by atoms with Crippen molar-refractivity contribution < 1.29 is 45.3 Å². The number of azide groups is 1. The molecule has 0 spiro atoms. The molecule has 1 aliphatic heterocycles. The molecule has 0 saturated carbocycles. The molecule has 0 fully saturated rings. The normalized spacial score (nSPS) is 12.4. The number of hydrogen-bond donors (Lipinski definition) is 6. The Morgan fingerprint density at radius 3 is 2.07 bits per heavy atom. The van der Waals surface area contributed by atoms with Gasteiger partial charge in [0.15, 0.2) is 0 Å². The largest absolute Gasteiger partial charge is 0.507 e. The van der Waals surface area contributed by atoms with Crippen molar-refractivity contribution in [3.8, 4) is 23.8 Å². The Morgan fingerprint density at radius 1 is 1.07 bits per heavy atom. The highest BCUT2D eigenvalue weighted by molar-refractivity contribution is 5.87. The first-order valence-electron chi connectivity index (χ1n) is 13.9. The molecule has 3 rings (SSSR count). The Balaban J connectivity index is 0.000000715. The fourth-order valence-corrected chi connectivity index (χ4v) is 2.94. The van der Waals surface area contributed by atoms with E-state index in [4.69, 9.17) is 28.3 Å². The zero-order valence-corrected chi connectivity index (χ0v) is 25.5. The number of ether oxygens (including phenoxy) is 2. The average Bonchev–Trinajstić information content (AvgIpc) is 3.50. The highest BCUT2D eigenvalue weighted by atomic mass is 19.1. The number of aliphatic hydroxyl groups is 2. The second-order valence-corrected chi connectivity index (χ2v) is 9.09. The zero-order valence-electron chi connectivity index (χ0n) is 26.5. The molecule has 0 radical (unpaired) electrons. The van der Waals surface area contributed by atoms with Crippen molar-refractivity contribution in [2.24, 2.45) is 5.11 Å². The lowest BCUT2D eigenvalue weighted by atomic mass is 10.1.